The number of halogens is 1. The molecule has 2 amide bonds. The fraction of sp³-hybridized carbons (Fsp3) is 0.353. The Morgan fingerprint density at radius 3 is 2.46 bits per heavy atom. The van der Waals surface area contributed by atoms with Crippen molar-refractivity contribution in [2.24, 2.45) is 7.05 Å². The molecule has 2 aliphatic rings. The van der Waals surface area contributed by atoms with E-state index in [9.17, 15) is 19.1 Å². The Kier molecular flexibility index (Phi) is 9.55. The molecule has 2 fully saturated rings. The monoisotopic (exact) mass is 628 g/mol. The molecular weight excluding hydrogens is 591 g/mol. The van der Waals surface area contributed by atoms with Gasteiger partial charge in [-0.1, -0.05) is 18.2 Å². The summed E-state index contributed by atoms with van der Waals surface area (Å²) in [5, 5.41) is 20.4. The van der Waals surface area contributed by atoms with E-state index in [2.05, 4.69) is 25.6 Å². The number of carbonyl (C=O) groups excluding carboxylic acids is 2. The summed E-state index contributed by atoms with van der Waals surface area (Å²) in [4.78, 5) is 32.2. The molecule has 1 saturated heterocycles. The van der Waals surface area contributed by atoms with E-state index in [4.69, 9.17) is 9.47 Å². The van der Waals surface area contributed by atoms with E-state index in [0.29, 0.717) is 56.9 Å². The maximum absolute atomic E-state index is 14.3. The topological polar surface area (TPSA) is 131 Å². The number of pyridine rings is 1. The number of hydrogen-bond acceptors (Lipinski definition) is 8. The van der Waals surface area contributed by atoms with Crippen molar-refractivity contribution in [3.63, 3.8) is 0 Å². The van der Waals surface area contributed by atoms with Crippen molar-refractivity contribution in [3.05, 3.63) is 89.6 Å². The van der Waals surface area contributed by atoms with Gasteiger partial charge in [-0.25, -0.2) is 9.37 Å². The van der Waals surface area contributed by atoms with Gasteiger partial charge in [0.05, 0.1) is 19.4 Å². The van der Waals surface area contributed by atoms with Crippen LogP contribution in [-0.2, 0) is 18.3 Å². The van der Waals surface area contributed by atoms with Crippen LogP contribution in [-0.4, -0.2) is 75.0 Å². The highest BCUT2D eigenvalue weighted by Gasteiger charge is 2.26. The largest absolute Gasteiger partial charge is 0.508 e. The number of benzene rings is 2. The molecule has 2 aromatic carbocycles. The molecule has 12 heteroatoms. The molecule has 0 bridgehead atoms. The lowest BCUT2D eigenvalue weighted by atomic mass is 9.91. The van der Waals surface area contributed by atoms with Crippen LogP contribution in [0.15, 0.2) is 67.0 Å². The Hall–Kier alpha value is -4.81. The van der Waals surface area contributed by atoms with Gasteiger partial charge in [-0.15, -0.1) is 0 Å². The fourth-order valence-corrected chi connectivity index (χ4v) is 5.94. The number of aryl methyl sites for hydroxylation is 1. The highest BCUT2D eigenvalue weighted by atomic mass is 19.1. The van der Waals surface area contributed by atoms with Crippen molar-refractivity contribution >= 4 is 11.8 Å². The standard InChI is InChI=1S/C34H37FN6O5/c1-40-12-11-31(39-40)33(44)38-26-7-5-25(6-8-26)37-32(43)30-19-24(35)20-36-34(30)46-28-4-2-3-22(18-28)29-10-9-27(42)17-23(29)21-41-13-15-45-16-14-41/h2-4,9-12,17-20,25-26,42H,5-8,13-16,21H2,1H3,(H,37,43)(H,38,44). The lowest BCUT2D eigenvalue weighted by Crippen LogP contribution is -2.44. The second-order valence-electron chi connectivity index (χ2n) is 11.7. The van der Waals surface area contributed by atoms with Crippen LogP contribution in [0.4, 0.5) is 4.39 Å². The maximum Gasteiger partial charge on any atom is 0.271 e. The summed E-state index contributed by atoms with van der Waals surface area (Å²) in [7, 11) is 1.76. The minimum atomic E-state index is -0.649. The normalized spacial score (nSPS) is 18.6. The quantitative estimate of drug-likeness (QED) is 0.248. The van der Waals surface area contributed by atoms with Crippen LogP contribution in [0.3, 0.4) is 0 Å². The summed E-state index contributed by atoms with van der Waals surface area (Å²) < 4.78 is 27.5. The Morgan fingerprint density at radius 1 is 1.00 bits per heavy atom. The highest BCUT2D eigenvalue weighted by molar-refractivity contribution is 5.96. The van der Waals surface area contributed by atoms with Crippen LogP contribution in [0.1, 0.15) is 52.1 Å². The van der Waals surface area contributed by atoms with Gasteiger partial charge in [-0.2, -0.15) is 5.10 Å². The highest BCUT2D eigenvalue weighted by Crippen LogP contribution is 2.33. The third kappa shape index (κ3) is 7.69. The number of aromatic hydroxyl groups is 1. The predicted octanol–water partition coefficient (Wildman–Crippen LogP) is 4.42. The molecule has 1 aliphatic heterocycles. The summed E-state index contributed by atoms with van der Waals surface area (Å²) in [6.45, 7) is 3.61. The number of carbonyl (C=O) groups is 2. The molecule has 11 nitrogen and oxygen atoms in total. The average molecular weight is 629 g/mol. The minimum Gasteiger partial charge on any atom is -0.508 e. The molecule has 6 rings (SSSR count). The number of ether oxygens (including phenoxy) is 2. The molecule has 1 aliphatic carbocycles. The van der Waals surface area contributed by atoms with Crippen LogP contribution in [0.5, 0.6) is 17.4 Å². The van der Waals surface area contributed by atoms with Crippen molar-refractivity contribution in [2.45, 2.75) is 44.3 Å². The predicted molar refractivity (Wildman–Crippen MR) is 168 cm³/mol. The van der Waals surface area contributed by atoms with Gasteiger partial charge in [-0.3, -0.25) is 19.2 Å². The molecule has 0 spiro atoms. The van der Waals surface area contributed by atoms with Crippen LogP contribution < -0.4 is 15.4 Å². The first-order valence-electron chi connectivity index (χ1n) is 15.5. The fourth-order valence-electron chi connectivity index (χ4n) is 5.94. The van der Waals surface area contributed by atoms with Gasteiger partial charge in [0.25, 0.3) is 11.8 Å². The third-order valence-corrected chi connectivity index (χ3v) is 8.35. The number of hydrogen-bond donors (Lipinski definition) is 3. The molecule has 240 valence electrons. The molecule has 3 N–H and O–H groups in total. The second-order valence-corrected chi connectivity index (χ2v) is 11.7. The van der Waals surface area contributed by atoms with E-state index in [0.717, 1.165) is 42.0 Å². The van der Waals surface area contributed by atoms with E-state index in [1.807, 2.05) is 24.3 Å². The van der Waals surface area contributed by atoms with Crippen LogP contribution in [0.2, 0.25) is 0 Å². The summed E-state index contributed by atoms with van der Waals surface area (Å²) >= 11 is 0. The molecule has 4 aromatic rings. The number of nitrogens with zero attached hydrogens (tertiary/aromatic N) is 4. The van der Waals surface area contributed by atoms with Gasteiger partial charge in [0.2, 0.25) is 5.88 Å². The molecular formula is C34H37FN6O5. The van der Waals surface area contributed by atoms with E-state index < -0.39 is 11.7 Å². The van der Waals surface area contributed by atoms with Gasteiger partial charge in [0, 0.05) is 45.0 Å². The first kappa shape index (κ1) is 31.2. The Balaban J connectivity index is 1.12. The molecule has 3 heterocycles. The minimum absolute atomic E-state index is 0.00591. The zero-order valence-corrected chi connectivity index (χ0v) is 25.6. The van der Waals surface area contributed by atoms with Gasteiger partial charge in [-0.05, 0) is 78.8 Å². The van der Waals surface area contributed by atoms with Gasteiger partial charge < -0.3 is 25.2 Å². The van der Waals surface area contributed by atoms with Crippen molar-refractivity contribution in [1.82, 2.24) is 30.3 Å². The number of aromatic nitrogens is 3. The smallest absolute Gasteiger partial charge is 0.271 e. The molecule has 0 atom stereocenters. The Morgan fingerprint density at radius 2 is 1.74 bits per heavy atom. The zero-order valence-electron chi connectivity index (χ0n) is 25.6. The van der Waals surface area contributed by atoms with E-state index in [1.165, 1.54) is 0 Å². The van der Waals surface area contributed by atoms with Gasteiger partial charge in [0.1, 0.15) is 28.6 Å². The number of rotatable bonds is 9. The third-order valence-electron chi connectivity index (χ3n) is 8.35. The number of amides is 2. The number of morpholine rings is 1. The molecule has 1 saturated carbocycles. The van der Waals surface area contributed by atoms with Gasteiger partial charge in [0.15, 0.2) is 0 Å². The first-order chi connectivity index (χ1) is 22.3. The van der Waals surface area contributed by atoms with Crippen LogP contribution in [0.25, 0.3) is 11.1 Å². The summed E-state index contributed by atoms with van der Waals surface area (Å²) in [6.07, 6.45) is 5.42. The van der Waals surface area contributed by atoms with Gasteiger partial charge >= 0.3 is 0 Å². The Bertz CT molecular complexity index is 1700. The SMILES string of the molecule is Cn1ccc(C(=O)NC2CCC(NC(=O)c3cc(F)cnc3Oc3cccc(-c4ccc(O)cc4CN4CCOCC4)c3)CC2)n1. The molecule has 0 radical (unpaired) electrons. The molecule has 2 aromatic heterocycles. The summed E-state index contributed by atoms with van der Waals surface area (Å²) in [5.74, 6) is -0.738. The first-order valence-corrected chi connectivity index (χ1v) is 15.5. The lowest BCUT2D eigenvalue weighted by Gasteiger charge is -2.29. The molecule has 0 unspecified atom stereocenters. The summed E-state index contributed by atoms with van der Waals surface area (Å²) in [5.41, 5.74) is 3.12. The number of nitrogens with one attached hydrogen (secondary N) is 2. The number of phenols is 1. The Labute approximate surface area is 266 Å². The second kappa shape index (κ2) is 14.1. The average Bonchev–Trinajstić information content (AvgIpc) is 3.50. The lowest BCUT2D eigenvalue weighted by molar-refractivity contribution is 0.0342. The van der Waals surface area contributed by atoms with Crippen molar-refractivity contribution in [3.8, 4) is 28.5 Å². The van der Waals surface area contributed by atoms with E-state index in [1.54, 1.807) is 42.2 Å². The summed E-state index contributed by atoms with van der Waals surface area (Å²) in [6, 6.07) is 15.3. The number of phenolic OH excluding ortho intramolecular Hbond substituents is 1. The molecule has 46 heavy (non-hydrogen) atoms. The van der Waals surface area contributed by atoms with Crippen LogP contribution >= 0.6 is 0 Å². The van der Waals surface area contributed by atoms with Crippen molar-refractivity contribution in [1.29, 1.82) is 0 Å². The maximum atomic E-state index is 14.3. The van der Waals surface area contributed by atoms with Crippen molar-refractivity contribution < 1.29 is 28.6 Å². The van der Waals surface area contributed by atoms with E-state index in [-0.39, 0.29) is 35.2 Å². The zero-order chi connectivity index (χ0) is 32.0. The van der Waals surface area contributed by atoms with E-state index >= 15 is 0 Å². The van der Waals surface area contributed by atoms with Crippen molar-refractivity contribution in [2.75, 3.05) is 26.3 Å². The van der Waals surface area contributed by atoms with Crippen LogP contribution in [0, 0.1) is 5.82 Å².